The van der Waals surface area contributed by atoms with E-state index in [0.717, 1.165) is 0 Å². The van der Waals surface area contributed by atoms with Crippen LogP contribution in [0.25, 0.3) is 0 Å². The van der Waals surface area contributed by atoms with Gasteiger partial charge in [-0.1, -0.05) is 25.4 Å². The van der Waals surface area contributed by atoms with E-state index in [0.29, 0.717) is 5.56 Å². The number of hydrogen-bond donors (Lipinski definition) is 1. The van der Waals surface area contributed by atoms with E-state index in [-0.39, 0.29) is 17.4 Å². The number of aliphatic hydroxyl groups is 1. The first-order valence-corrected chi connectivity index (χ1v) is 5.05. The van der Waals surface area contributed by atoms with E-state index >= 15 is 0 Å². The number of ether oxygens (including phenoxy) is 1. The minimum Gasteiger partial charge on any atom is -0.493 e. The molecule has 0 saturated heterocycles. The van der Waals surface area contributed by atoms with Gasteiger partial charge in [0.15, 0.2) is 11.6 Å². The molecule has 0 radical (unpaired) electrons. The second kappa shape index (κ2) is 4.55. The Bertz CT molecular complexity index is 405. The summed E-state index contributed by atoms with van der Waals surface area (Å²) in [6, 6.07) is 1.27. The van der Waals surface area contributed by atoms with E-state index in [1.54, 1.807) is 13.8 Å². The molecular weight excluding hydrogens is 238 g/mol. The summed E-state index contributed by atoms with van der Waals surface area (Å²) >= 11 is 5.56. The van der Waals surface area contributed by atoms with Gasteiger partial charge in [-0.15, -0.1) is 0 Å². The van der Waals surface area contributed by atoms with Crippen molar-refractivity contribution in [2.75, 3.05) is 13.7 Å². The van der Waals surface area contributed by atoms with Gasteiger partial charge in [-0.2, -0.15) is 4.39 Å². The maximum Gasteiger partial charge on any atom is 0.202 e. The van der Waals surface area contributed by atoms with Crippen LogP contribution in [0.4, 0.5) is 8.78 Å². The molecule has 0 aromatic heterocycles. The first-order chi connectivity index (χ1) is 7.35. The summed E-state index contributed by atoms with van der Waals surface area (Å²) in [6.45, 7) is 3.13. The second-order valence-corrected chi connectivity index (χ2v) is 4.52. The Morgan fingerprint density at radius 2 is 1.94 bits per heavy atom. The fourth-order valence-corrected chi connectivity index (χ4v) is 1.56. The zero-order chi connectivity index (χ0) is 12.5. The standard InChI is InChI=1S/C11H13ClF2O2/c1-11(2,5-15)6-4-7(12)8(13)9(14)10(6)16-3/h4,15H,5H2,1-3H3. The van der Waals surface area contributed by atoms with Crippen molar-refractivity contribution in [1.82, 2.24) is 0 Å². The number of hydrogen-bond acceptors (Lipinski definition) is 2. The molecule has 5 heteroatoms. The van der Waals surface area contributed by atoms with Crippen molar-refractivity contribution in [2.45, 2.75) is 19.3 Å². The highest BCUT2D eigenvalue weighted by Crippen LogP contribution is 2.37. The second-order valence-electron chi connectivity index (χ2n) is 4.11. The lowest BCUT2D eigenvalue weighted by Gasteiger charge is -2.25. The molecule has 1 N–H and O–H groups in total. The van der Waals surface area contributed by atoms with E-state index in [1.807, 2.05) is 0 Å². The van der Waals surface area contributed by atoms with Gasteiger partial charge in [0.1, 0.15) is 0 Å². The first-order valence-electron chi connectivity index (χ1n) is 4.68. The van der Waals surface area contributed by atoms with Crippen molar-refractivity contribution in [1.29, 1.82) is 0 Å². The van der Waals surface area contributed by atoms with Crippen LogP contribution in [-0.2, 0) is 5.41 Å². The Hall–Kier alpha value is -0.870. The summed E-state index contributed by atoms with van der Waals surface area (Å²) in [4.78, 5) is 0. The largest absolute Gasteiger partial charge is 0.493 e. The predicted molar refractivity (Wildman–Crippen MR) is 58.0 cm³/mol. The van der Waals surface area contributed by atoms with Crippen LogP contribution in [0.3, 0.4) is 0 Å². The monoisotopic (exact) mass is 250 g/mol. The summed E-state index contributed by atoms with van der Waals surface area (Å²) in [7, 11) is 1.24. The van der Waals surface area contributed by atoms with Crippen LogP contribution < -0.4 is 4.74 Å². The number of methoxy groups -OCH3 is 1. The molecule has 0 bridgehead atoms. The third kappa shape index (κ3) is 2.13. The lowest BCUT2D eigenvalue weighted by Crippen LogP contribution is -2.23. The molecule has 1 aromatic rings. The Morgan fingerprint density at radius 3 is 2.38 bits per heavy atom. The molecule has 0 aliphatic rings. The van der Waals surface area contributed by atoms with Crippen molar-refractivity contribution in [2.24, 2.45) is 0 Å². The highest BCUT2D eigenvalue weighted by molar-refractivity contribution is 6.30. The fourth-order valence-electron chi connectivity index (χ4n) is 1.37. The van der Waals surface area contributed by atoms with Gasteiger partial charge in [0.25, 0.3) is 0 Å². The van der Waals surface area contributed by atoms with Gasteiger partial charge in [-0.25, -0.2) is 4.39 Å². The van der Waals surface area contributed by atoms with Gasteiger partial charge < -0.3 is 9.84 Å². The highest BCUT2D eigenvalue weighted by Gasteiger charge is 2.28. The van der Waals surface area contributed by atoms with Crippen molar-refractivity contribution in [3.05, 3.63) is 28.3 Å². The quantitative estimate of drug-likeness (QED) is 0.836. The van der Waals surface area contributed by atoms with Gasteiger partial charge in [-0.3, -0.25) is 0 Å². The van der Waals surface area contributed by atoms with E-state index in [2.05, 4.69) is 0 Å². The summed E-state index contributed by atoms with van der Waals surface area (Å²) in [6.07, 6.45) is 0. The van der Waals surface area contributed by atoms with Crippen LogP contribution in [0.2, 0.25) is 5.02 Å². The zero-order valence-electron chi connectivity index (χ0n) is 9.27. The SMILES string of the molecule is COc1c(C(C)(C)CO)cc(Cl)c(F)c1F. The van der Waals surface area contributed by atoms with E-state index in [9.17, 15) is 13.9 Å². The molecule has 0 atom stereocenters. The summed E-state index contributed by atoms with van der Waals surface area (Å²) in [5.74, 6) is -2.50. The molecule has 0 unspecified atom stereocenters. The molecule has 1 rings (SSSR count). The molecule has 0 aliphatic heterocycles. The fraction of sp³-hybridized carbons (Fsp3) is 0.455. The predicted octanol–water partition coefficient (Wildman–Crippen LogP) is 2.90. The summed E-state index contributed by atoms with van der Waals surface area (Å²) in [5, 5.41) is 8.88. The first kappa shape index (κ1) is 13.2. The van der Waals surface area contributed by atoms with Crippen LogP contribution in [0, 0.1) is 11.6 Å². The van der Waals surface area contributed by atoms with Crippen LogP contribution >= 0.6 is 11.6 Å². The zero-order valence-corrected chi connectivity index (χ0v) is 10.0. The third-order valence-electron chi connectivity index (χ3n) is 2.45. The van der Waals surface area contributed by atoms with Gasteiger partial charge in [0, 0.05) is 11.0 Å². The molecule has 0 aliphatic carbocycles. The van der Waals surface area contributed by atoms with Gasteiger partial charge in [-0.05, 0) is 6.07 Å². The van der Waals surface area contributed by atoms with Crippen LogP contribution in [0.5, 0.6) is 5.75 Å². The Balaban J connectivity index is 3.51. The minimum absolute atomic E-state index is 0.221. The van der Waals surface area contributed by atoms with Crippen LogP contribution in [0.1, 0.15) is 19.4 Å². The molecule has 0 spiro atoms. The smallest absolute Gasteiger partial charge is 0.202 e. The number of rotatable bonds is 3. The molecule has 1 aromatic carbocycles. The molecule has 2 nitrogen and oxygen atoms in total. The Morgan fingerprint density at radius 1 is 1.38 bits per heavy atom. The van der Waals surface area contributed by atoms with E-state index in [1.165, 1.54) is 13.2 Å². The number of halogens is 3. The molecule has 0 saturated carbocycles. The highest BCUT2D eigenvalue weighted by atomic mass is 35.5. The topological polar surface area (TPSA) is 29.5 Å². The Labute approximate surface area is 97.8 Å². The Kier molecular flexibility index (Phi) is 3.76. The van der Waals surface area contributed by atoms with E-state index in [4.69, 9.17) is 16.3 Å². The maximum atomic E-state index is 13.5. The molecule has 90 valence electrons. The summed E-state index contributed by atoms with van der Waals surface area (Å²) < 4.78 is 31.5. The number of aliphatic hydroxyl groups excluding tert-OH is 1. The average Bonchev–Trinajstić information content (AvgIpc) is 2.25. The molecule has 0 heterocycles. The average molecular weight is 251 g/mol. The van der Waals surface area contributed by atoms with E-state index < -0.39 is 17.0 Å². The van der Waals surface area contributed by atoms with Crippen LogP contribution in [0.15, 0.2) is 6.07 Å². The normalized spacial score (nSPS) is 11.7. The molecule has 16 heavy (non-hydrogen) atoms. The van der Waals surface area contributed by atoms with Gasteiger partial charge in [0.05, 0.1) is 18.7 Å². The van der Waals surface area contributed by atoms with Crippen molar-refractivity contribution in [3.63, 3.8) is 0 Å². The van der Waals surface area contributed by atoms with Crippen molar-refractivity contribution in [3.8, 4) is 5.75 Å². The lowest BCUT2D eigenvalue weighted by molar-refractivity contribution is 0.213. The maximum absolute atomic E-state index is 13.5. The minimum atomic E-state index is -1.14. The van der Waals surface area contributed by atoms with Gasteiger partial charge in [0.2, 0.25) is 5.82 Å². The molecule has 0 amide bonds. The molecular formula is C11H13ClF2O2. The van der Waals surface area contributed by atoms with Crippen molar-refractivity contribution >= 4 is 11.6 Å². The van der Waals surface area contributed by atoms with Crippen molar-refractivity contribution < 1.29 is 18.6 Å². The lowest BCUT2D eigenvalue weighted by atomic mass is 9.85. The van der Waals surface area contributed by atoms with Gasteiger partial charge >= 0.3 is 0 Å². The summed E-state index contributed by atoms with van der Waals surface area (Å²) in [5.41, 5.74) is -0.426. The molecule has 0 fully saturated rings. The number of benzene rings is 1. The van der Waals surface area contributed by atoms with Crippen LogP contribution in [-0.4, -0.2) is 18.8 Å². The third-order valence-corrected chi connectivity index (χ3v) is 2.72.